The van der Waals surface area contributed by atoms with E-state index in [1.165, 1.54) is 19.3 Å². The van der Waals surface area contributed by atoms with Gasteiger partial charge in [-0.25, -0.2) is 0 Å². The van der Waals surface area contributed by atoms with Crippen molar-refractivity contribution in [3.05, 3.63) is 59.7 Å². The fraction of sp³-hybridized carbons (Fsp3) is 0.118. The van der Waals surface area contributed by atoms with Gasteiger partial charge in [-0.3, -0.25) is 4.79 Å². The highest BCUT2D eigenvalue weighted by molar-refractivity contribution is 6.07. The van der Waals surface area contributed by atoms with Crippen LogP contribution >= 0.6 is 0 Å². The molecular weight excluding hydrogens is 268 g/mol. The number of allylic oxidation sites excluding steroid dienone is 1. The van der Waals surface area contributed by atoms with Gasteiger partial charge in [0.05, 0.1) is 14.2 Å². The first-order valence-electron chi connectivity index (χ1n) is 6.37. The van der Waals surface area contributed by atoms with E-state index in [9.17, 15) is 9.90 Å². The predicted octanol–water partition coefficient (Wildman–Crippen LogP) is 3.31. The van der Waals surface area contributed by atoms with Crippen molar-refractivity contribution < 1.29 is 19.4 Å². The molecule has 0 unspecified atom stereocenters. The van der Waals surface area contributed by atoms with Crippen LogP contribution in [-0.4, -0.2) is 25.1 Å². The third-order valence-corrected chi connectivity index (χ3v) is 3.01. The van der Waals surface area contributed by atoms with Crippen LogP contribution in [-0.2, 0) is 0 Å². The van der Waals surface area contributed by atoms with Gasteiger partial charge in [-0.05, 0) is 48.6 Å². The normalized spacial score (nSPS) is 10.6. The highest BCUT2D eigenvalue weighted by Crippen LogP contribution is 2.25. The molecule has 1 N–H and O–H groups in total. The van der Waals surface area contributed by atoms with Crippen molar-refractivity contribution in [1.29, 1.82) is 0 Å². The van der Waals surface area contributed by atoms with Crippen LogP contribution in [0.15, 0.2) is 48.5 Å². The molecule has 2 aromatic rings. The summed E-state index contributed by atoms with van der Waals surface area (Å²) in [6.45, 7) is 0. The minimum atomic E-state index is -0.118. The quantitative estimate of drug-likeness (QED) is 0.676. The number of phenols is 1. The molecule has 21 heavy (non-hydrogen) atoms. The van der Waals surface area contributed by atoms with Crippen LogP contribution in [0.5, 0.6) is 17.2 Å². The van der Waals surface area contributed by atoms with Crippen LogP contribution < -0.4 is 9.47 Å². The number of benzene rings is 2. The van der Waals surface area contributed by atoms with Gasteiger partial charge in [-0.15, -0.1) is 0 Å². The summed E-state index contributed by atoms with van der Waals surface area (Å²) in [6, 6.07) is 11.6. The van der Waals surface area contributed by atoms with Crippen molar-refractivity contribution in [2.24, 2.45) is 0 Å². The number of ketones is 1. The van der Waals surface area contributed by atoms with Crippen molar-refractivity contribution in [3.63, 3.8) is 0 Å². The minimum Gasteiger partial charge on any atom is -0.508 e. The summed E-state index contributed by atoms with van der Waals surface area (Å²) in [4.78, 5) is 12.1. The molecule has 2 rings (SSSR count). The van der Waals surface area contributed by atoms with Gasteiger partial charge in [0.15, 0.2) is 5.78 Å². The average molecular weight is 284 g/mol. The van der Waals surface area contributed by atoms with E-state index < -0.39 is 0 Å². The molecule has 0 aliphatic rings. The summed E-state index contributed by atoms with van der Waals surface area (Å²) in [5.74, 6) is 1.21. The van der Waals surface area contributed by atoms with Gasteiger partial charge in [0.2, 0.25) is 0 Å². The smallest absolute Gasteiger partial charge is 0.185 e. The first-order chi connectivity index (χ1) is 10.1. The molecule has 0 amide bonds. The van der Waals surface area contributed by atoms with E-state index in [0.717, 1.165) is 5.56 Å². The number of methoxy groups -OCH3 is 2. The largest absolute Gasteiger partial charge is 0.508 e. The van der Waals surface area contributed by atoms with Crippen molar-refractivity contribution in [3.8, 4) is 17.2 Å². The molecule has 0 fully saturated rings. The number of carbonyl (C=O) groups is 1. The molecule has 0 atom stereocenters. The van der Waals surface area contributed by atoms with E-state index in [-0.39, 0.29) is 11.5 Å². The second-order valence-electron chi connectivity index (χ2n) is 4.35. The lowest BCUT2D eigenvalue weighted by Crippen LogP contribution is -1.94. The molecule has 4 nitrogen and oxygen atoms in total. The number of aromatic hydroxyl groups is 1. The van der Waals surface area contributed by atoms with Gasteiger partial charge in [-0.1, -0.05) is 0 Å². The summed E-state index contributed by atoms with van der Waals surface area (Å²) in [5.41, 5.74) is 1.29. The van der Waals surface area contributed by atoms with Gasteiger partial charge < -0.3 is 14.6 Å². The number of ether oxygens (including phenoxy) is 2. The van der Waals surface area contributed by atoms with Crippen LogP contribution in [0.3, 0.4) is 0 Å². The Balaban J connectivity index is 2.18. The Bertz CT molecular complexity index is 657. The number of hydrogen-bond acceptors (Lipinski definition) is 4. The van der Waals surface area contributed by atoms with Crippen molar-refractivity contribution >= 4 is 11.9 Å². The highest BCUT2D eigenvalue weighted by Gasteiger charge is 2.04. The number of carbonyl (C=O) groups excluding carboxylic acids is 1. The predicted molar refractivity (Wildman–Crippen MR) is 81.0 cm³/mol. The molecule has 0 radical (unpaired) electrons. The second-order valence-corrected chi connectivity index (χ2v) is 4.35. The number of phenolic OH excluding ortho intramolecular Hbond substituents is 1. The second kappa shape index (κ2) is 6.61. The zero-order valence-electron chi connectivity index (χ0n) is 11.9. The Morgan fingerprint density at radius 1 is 1.05 bits per heavy atom. The Morgan fingerprint density at radius 2 is 1.76 bits per heavy atom. The summed E-state index contributed by atoms with van der Waals surface area (Å²) in [5, 5.41) is 9.39. The molecule has 0 aliphatic heterocycles. The average Bonchev–Trinajstić information content (AvgIpc) is 2.53. The first kappa shape index (κ1) is 14.7. The number of rotatable bonds is 5. The third-order valence-electron chi connectivity index (χ3n) is 3.01. The maximum Gasteiger partial charge on any atom is 0.185 e. The van der Waals surface area contributed by atoms with Gasteiger partial charge in [-0.2, -0.15) is 0 Å². The van der Waals surface area contributed by atoms with Crippen LogP contribution in [0.2, 0.25) is 0 Å². The fourth-order valence-electron chi connectivity index (χ4n) is 1.85. The van der Waals surface area contributed by atoms with E-state index in [4.69, 9.17) is 9.47 Å². The van der Waals surface area contributed by atoms with E-state index in [0.29, 0.717) is 17.1 Å². The molecule has 0 saturated carbocycles. The topological polar surface area (TPSA) is 55.8 Å². The van der Waals surface area contributed by atoms with Crippen molar-refractivity contribution in [2.75, 3.05) is 14.2 Å². The Kier molecular flexibility index (Phi) is 4.61. The maximum atomic E-state index is 12.1. The molecule has 0 spiro atoms. The molecule has 0 aliphatic carbocycles. The van der Waals surface area contributed by atoms with Crippen LogP contribution in [0, 0.1) is 0 Å². The molecule has 2 aromatic carbocycles. The molecule has 0 bridgehead atoms. The van der Waals surface area contributed by atoms with Crippen LogP contribution in [0.25, 0.3) is 6.08 Å². The molecule has 0 heterocycles. The van der Waals surface area contributed by atoms with E-state index in [1.807, 2.05) is 0 Å². The van der Waals surface area contributed by atoms with E-state index in [2.05, 4.69) is 0 Å². The Morgan fingerprint density at radius 3 is 2.38 bits per heavy atom. The van der Waals surface area contributed by atoms with E-state index in [1.54, 1.807) is 49.6 Å². The summed E-state index contributed by atoms with van der Waals surface area (Å²) in [7, 11) is 3.09. The SMILES string of the molecule is COc1ccc(C(=O)C=Cc2ccc(O)cc2OC)cc1. The van der Waals surface area contributed by atoms with Crippen molar-refractivity contribution in [2.45, 2.75) is 0 Å². The van der Waals surface area contributed by atoms with E-state index >= 15 is 0 Å². The maximum absolute atomic E-state index is 12.1. The minimum absolute atomic E-state index is 0.116. The first-order valence-corrected chi connectivity index (χ1v) is 6.37. The Hall–Kier alpha value is -2.75. The fourth-order valence-corrected chi connectivity index (χ4v) is 1.85. The summed E-state index contributed by atoms with van der Waals surface area (Å²) >= 11 is 0. The third kappa shape index (κ3) is 3.63. The van der Waals surface area contributed by atoms with Gasteiger partial charge >= 0.3 is 0 Å². The monoisotopic (exact) mass is 284 g/mol. The zero-order valence-corrected chi connectivity index (χ0v) is 11.9. The molecule has 0 aromatic heterocycles. The lowest BCUT2D eigenvalue weighted by molar-refractivity contribution is 0.104. The molecule has 4 heteroatoms. The van der Waals surface area contributed by atoms with Crippen LogP contribution in [0.4, 0.5) is 0 Å². The lowest BCUT2D eigenvalue weighted by atomic mass is 10.1. The van der Waals surface area contributed by atoms with Gasteiger partial charge in [0.25, 0.3) is 0 Å². The number of hydrogen-bond donors (Lipinski definition) is 1. The summed E-state index contributed by atoms with van der Waals surface area (Å²) in [6.07, 6.45) is 3.13. The molecular formula is C17H16O4. The molecule has 108 valence electrons. The van der Waals surface area contributed by atoms with Gasteiger partial charge in [0.1, 0.15) is 17.2 Å². The van der Waals surface area contributed by atoms with Gasteiger partial charge in [0, 0.05) is 17.2 Å². The van der Waals surface area contributed by atoms with Crippen molar-refractivity contribution in [1.82, 2.24) is 0 Å². The summed E-state index contributed by atoms with van der Waals surface area (Å²) < 4.78 is 10.2. The standard InChI is InChI=1S/C17H16O4/c1-20-15-8-4-12(5-9-15)16(19)10-6-13-3-7-14(18)11-17(13)21-2/h3-11,18H,1-2H3. The highest BCUT2D eigenvalue weighted by atomic mass is 16.5. The lowest BCUT2D eigenvalue weighted by Gasteiger charge is -2.05. The zero-order chi connectivity index (χ0) is 15.2. The van der Waals surface area contributed by atoms with Crippen LogP contribution in [0.1, 0.15) is 15.9 Å². The molecule has 0 saturated heterocycles. The Labute approximate surface area is 123 Å².